The van der Waals surface area contributed by atoms with E-state index in [2.05, 4.69) is 19.9 Å². The molecule has 1 aromatic carbocycles. The topological polar surface area (TPSA) is 97.4 Å². The first-order valence-electron chi connectivity index (χ1n) is 9.06. The number of nitrogens with zero attached hydrogens (tertiary/aromatic N) is 3. The Labute approximate surface area is 161 Å². The van der Waals surface area contributed by atoms with Crippen LogP contribution in [0.25, 0.3) is 10.9 Å². The average molecular weight is 380 g/mol. The highest BCUT2D eigenvalue weighted by atomic mass is 16.5. The van der Waals surface area contributed by atoms with E-state index in [1.807, 2.05) is 19.1 Å². The first kappa shape index (κ1) is 18.1. The first-order valence-corrected chi connectivity index (χ1v) is 9.06. The van der Waals surface area contributed by atoms with Gasteiger partial charge in [-0.2, -0.15) is 0 Å². The Morgan fingerprint density at radius 2 is 2.07 bits per heavy atom. The van der Waals surface area contributed by atoms with E-state index in [0.717, 1.165) is 24.5 Å². The number of morpholine rings is 1. The van der Waals surface area contributed by atoms with Gasteiger partial charge in [-0.15, -0.1) is 0 Å². The summed E-state index contributed by atoms with van der Waals surface area (Å²) in [5.41, 5.74) is 1.58. The van der Waals surface area contributed by atoms with E-state index >= 15 is 0 Å². The number of para-hydroxylation sites is 1. The molecule has 8 heteroatoms. The number of carbonyl (C=O) groups is 1. The zero-order chi connectivity index (χ0) is 19.5. The average Bonchev–Trinajstić information content (AvgIpc) is 2.73. The van der Waals surface area contributed by atoms with Crippen LogP contribution in [0.3, 0.4) is 0 Å². The van der Waals surface area contributed by atoms with E-state index in [-0.39, 0.29) is 12.2 Å². The molecule has 0 aliphatic carbocycles. The number of benzene rings is 1. The van der Waals surface area contributed by atoms with Crippen LogP contribution in [-0.4, -0.2) is 47.2 Å². The van der Waals surface area contributed by atoms with Crippen LogP contribution >= 0.6 is 0 Å². The van der Waals surface area contributed by atoms with Crippen LogP contribution in [0.4, 0.5) is 5.82 Å². The Balaban J connectivity index is 1.45. The molecule has 1 aliphatic heterocycles. The molecular formula is C20H20N4O4. The molecule has 4 rings (SSSR count). The fraction of sp³-hybridized carbons (Fsp3) is 0.300. The van der Waals surface area contributed by atoms with Gasteiger partial charge in [0.15, 0.2) is 0 Å². The van der Waals surface area contributed by atoms with Gasteiger partial charge in [0.2, 0.25) is 0 Å². The molecule has 0 radical (unpaired) electrons. The van der Waals surface area contributed by atoms with E-state index in [1.165, 1.54) is 6.20 Å². The Bertz CT molecular complexity index is 1060. The number of H-pyrrole nitrogens is 1. The fourth-order valence-corrected chi connectivity index (χ4v) is 3.12. The summed E-state index contributed by atoms with van der Waals surface area (Å²) in [5.74, 6) is 0.586. The van der Waals surface area contributed by atoms with Crippen LogP contribution in [0.5, 0.6) is 0 Å². The minimum absolute atomic E-state index is 0.121. The normalized spacial score (nSPS) is 14.2. The zero-order valence-corrected chi connectivity index (χ0v) is 15.5. The van der Waals surface area contributed by atoms with Crippen molar-refractivity contribution in [1.29, 1.82) is 0 Å². The van der Waals surface area contributed by atoms with Crippen molar-refractivity contribution in [2.75, 3.05) is 31.2 Å². The summed E-state index contributed by atoms with van der Waals surface area (Å²) in [6.07, 6.45) is 1.49. The third-order valence-corrected chi connectivity index (χ3v) is 4.65. The number of aryl methyl sites for hydroxylation is 1. The van der Waals surface area contributed by atoms with Gasteiger partial charge in [-0.05, 0) is 30.7 Å². The monoisotopic (exact) mass is 380 g/mol. The summed E-state index contributed by atoms with van der Waals surface area (Å²) in [6.45, 7) is 4.65. The molecule has 3 aromatic rings. The van der Waals surface area contributed by atoms with Gasteiger partial charge in [0, 0.05) is 19.3 Å². The Kier molecular flexibility index (Phi) is 5.03. The number of aromatic amines is 1. The summed E-state index contributed by atoms with van der Waals surface area (Å²) in [5, 5.41) is 0.512. The van der Waals surface area contributed by atoms with Gasteiger partial charge in [-0.25, -0.2) is 14.8 Å². The summed E-state index contributed by atoms with van der Waals surface area (Å²) < 4.78 is 10.6. The SMILES string of the molecule is Cc1cccc2c(=O)[nH]c(COC(=O)c3ccc(N4CCOCC4)nc3)nc12. The summed E-state index contributed by atoms with van der Waals surface area (Å²) in [6, 6.07) is 8.88. The first-order chi connectivity index (χ1) is 13.6. The quantitative estimate of drug-likeness (QED) is 0.690. The van der Waals surface area contributed by atoms with Crippen LogP contribution in [0.2, 0.25) is 0 Å². The molecule has 1 N–H and O–H groups in total. The maximum atomic E-state index is 12.3. The fourth-order valence-electron chi connectivity index (χ4n) is 3.12. The number of ether oxygens (including phenoxy) is 2. The molecule has 2 aromatic heterocycles. The lowest BCUT2D eigenvalue weighted by atomic mass is 10.1. The smallest absolute Gasteiger partial charge is 0.340 e. The van der Waals surface area contributed by atoms with Gasteiger partial charge >= 0.3 is 5.97 Å². The maximum Gasteiger partial charge on any atom is 0.340 e. The highest BCUT2D eigenvalue weighted by molar-refractivity contribution is 5.89. The van der Waals surface area contributed by atoms with Crippen molar-refractivity contribution in [3.8, 4) is 0 Å². The van der Waals surface area contributed by atoms with Crippen LogP contribution in [-0.2, 0) is 16.1 Å². The maximum absolute atomic E-state index is 12.3. The van der Waals surface area contributed by atoms with Gasteiger partial charge in [0.05, 0.1) is 29.7 Å². The van der Waals surface area contributed by atoms with Crippen LogP contribution in [0.15, 0.2) is 41.3 Å². The van der Waals surface area contributed by atoms with E-state index in [4.69, 9.17) is 9.47 Å². The van der Waals surface area contributed by atoms with Gasteiger partial charge in [-0.3, -0.25) is 4.79 Å². The highest BCUT2D eigenvalue weighted by Gasteiger charge is 2.15. The van der Waals surface area contributed by atoms with Gasteiger partial charge < -0.3 is 19.4 Å². The molecule has 0 unspecified atom stereocenters. The van der Waals surface area contributed by atoms with E-state index < -0.39 is 5.97 Å². The number of pyridine rings is 1. The molecule has 3 heterocycles. The summed E-state index contributed by atoms with van der Waals surface area (Å²) in [7, 11) is 0. The number of hydrogen-bond acceptors (Lipinski definition) is 7. The predicted molar refractivity (Wildman–Crippen MR) is 103 cm³/mol. The highest BCUT2D eigenvalue weighted by Crippen LogP contribution is 2.15. The van der Waals surface area contributed by atoms with Crippen LogP contribution in [0.1, 0.15) is 21.7 Å². The van der Waals surface area contributed by atoms with Crippen molar-refractivity contribution in [2.45, 2.75) is 13.5 Å². The van der Waals surface area contributed by atoms with E-state index in [1.54, 1.807) is 18.2 Å². The molecule has 1 saturated heterocycles. The Morgan fingerprint density at radius 1 is 1.25 bits per heavy atom. The lowest BCUT2D eigenvalue weighted by molar-refractivity contribution is 0.0462. The molecule has 28 heavy (non-hydrogen) atoms. The summed E-state index contributed by atoms with van der Waals surface area (Å²) >= 11 is 0. The molecular weight excluding hydrogens is 360 g/mol. The van der Waals surface area contributed by atoms with Crippen molar-refractivity contribution in [1.82, 2.24) is 15.0 Å². The van der Waals surface area contributed by atoms with Crippen molar-refractivity contribution >= 4 is 22.7 Å². The minimum atomic E-state index is -0.520. The Morgan fingerprint density at radius 3 is 2.82 bits per heavy atom. The van der Waals surface area contributed by atoms with Crippen molar-refractivity contribution < 1.29 is 14.3 Å². The number of carbonyl (C=O) groups excluding carboxylic acids is 1. The molecule has 1 aliphatic rings. The molecule has 8 nitrogen and oxygen atoms in total. The second-order valence-corrected chi connectivity index (χ2v) is 6.56. The molecule has 0 amide bonds. The Hall–Kier alpha value is -3.26. The van der Waals surface area contributed by atoms with Crippen LogP contribution in [0, 0.1) is 6.92 Å². The molecule has 0 spiro atoms. The lowest BCUT2D eigenvalue weighted by Crippen LogP contribution is -2.36. The number of nitrogens with one attached hydrogen (secondary N) is 1. The minimum Gasteiger partial charge on any atom is -0.454 e. The summed E-state index contributed by atoms with van der Waals surface area (Å²) in [4.78, 5) is 38.0. The van der Waals surface area contributed by atoms with Crippen molar-refractivity contribution in [2.24, 2.45) is 0 Å². The lowest BCUT2D eigenvalue weighted by Gasteiger charge is -2.27. The van der Waals surface area contributed by atoms with Gasteiger partial charge in [-0.1, -0.05) is 12.1 Å². The number of aromatic nitrogens is 3. The molecule has 0 bridgehead atoms. The molecule has 0 saturated carbocycles. The zero-order valence-electron chi connectivity index (χ0n) is 15.5. The number of anilines is 1. The van der Waals surface area contributed by atoms with Crippen molar-refractivity contribution in [3.63, 3.8) is 0 Å². The van der Waals surface area contributed by atoms with Gasteiger partial charge in [0.25, 0.3) is 5.56 Å². The van der Waals surface area contributed by atoms with E-state index in [9.17, 15) is 9.59 Å². The van der Waals surface area contributed by atoms with E-state index in [0.29, 0.717) is 35.5 Å². The molecule has 1 fully saturated rings. The third-order valence-electron chi connectivity index (χ3n) is 4.65. The van der Waals surface area contributed by atoms with Crippen LogP contribution < -0.4 is 10.5 Å². The standard InChI is InChI=1S/C20H20N4O4/c1-13-3-2-4-15-18(13)22-16(23-19(15)25)12-28-20(26)14-5-6-17(21-11-14)24-7-9-27-10-8-24/h2-6,11H,7-10,12H2,1H3,(H,22,23,25). The second kappa shape index (κ2) is 7.77. The van der Waals surface area contributed by atoms with Gasteiger partial charge in [0.1, 0.15) is 18.2 Å². The molecule has 144 valence electrons. The third kappa shape index (κ3) is 3.72. The number of rotatable bonds is 4. The largest absolute Gasteiger partial charge is 0.454 e. The van der Waals surface area contributed by atoms with Crippen molar-refractivity contribution in [3.05, 3.63) is 63.8 Å². The number of esters is 1. The number of fused-ring (bicyclic) bond motifs is 1. The molecule has 0 atom stereocenters. The second-order valence-electron chi connectivity index (χ2n) is 6.56. The number of hydrogen-bond donors (Lipinski definition) is 1. The predicted octanol–water partition coefficient (Wildman–Crippen LogP) is 1.82.